The molecule has 0 atom stereocenters. The molecule has 2 amide bonds. The van der Waals surface area contributed by atoms with Crippen LogP contribution in [0.5, 0.6) is 0 Å². The van der Waals surface area contributed by atoms with Crippen molar-refractivity contribution < 1.29 is 9.59 Å². The van der Waals surface area contributed by atoms with E-state index in [2.05, 4.69) is 10.2 Å². The highest BCUT2D eigenvalue weighted by Gasteiger charge is 2.30. The van der Waals surface area contributed by atoms with Gasteiger partial charge in [0.2, 0.25) is 5.91 Å². The van der Waals surface area contributed by atoms with E-state index >= 15 is 0 Å². The summed E-state index contributed by atoms with van der Waals surface area (Å²) in [4.78, 5) is 29.5. The van der Waals surface area contributed by atoms with Crippen molar-refractivity contribution in [2.45, 2.75) is 63.5 Å². The Kier molecular flexibility index (Phi) is 6.46. The van der Waals surface area contributed by atoms with Crippen molar-refractivity contribution >= 4 is 23.2 Å². The van der Waals surface area contributed by atoms with Crippen LogP contribution in [0, 0.1) is 5.92 Å². The van der Waals surface area contributed by atoms with E-state index in [1.807, 2.05) is 17.0 Å². The molecule has 3 aliphatic rings. The summed E-state index contributed by atoms with van der Waals surface area (Å²) in [5, 5.41) is 3.12. The number of rotatable bonds is 4. The summed E-state index contributed by atoms with van der Waals surface area (Å²) >= 11 is 0. The van der Waals surface area contributed by atoms with Crippen LogP contribution in [0.15, 0.2) is 18.2 Å². The van der Waals surface area contributed by atoms with Crippen LogP contribution in [0.2, 0.25) is 0 Å². The Morgan fingerprint density at radius 2 is 1.70 bits per heavy atom. The third-order valence-electron chi connectivity index (χ3n) is 7.00. The molecule has 1 heterocycles. The second-order valence-electron chi connectivity index (χ2n) is 9.15. The second kappa shape index (κ2) is 9.25. The fourth-order valence-electron chi connectivity index (χ4n) is 4.81. The van der Waals surface area contributed by atoms with Gasteiger partial charge in [-0.1, -0.05) is 6.42 Å². The lowest BCUT2D eigenvalue weighted by atomic mass is 9.84. The Bertz CT molecular complexity index is 771. The summed E-state index contributed by atoms with van der Waals surface area (Å²) in [7, 11) is 0. The number of benzene rings is 1. The van der Waals surface area contributed by atoms with Gasteiger partial charge < -0.3 is 26.6 Å². The van der Waals surface area contributed by atoms with E-state index in [0.717, 1.165) is 76.8 Å². The van der Waals surface area contributed by atoms with Crippen LogP contribution in [0.4, 0.5) is 11.4 Å². The molecule has 0 aromatic heterocycles. The highest BCUT2D eigenvalue weighted by Crippen LogP contribution is 2.30. The van der Waals surface area contributed by atoms with Crippen molar-refractivity contribution in [3.8, 4) is 0 Å². The number of nitrogens with two attached hydrogens (primary N) is 2. The fourth-order valence-corrected chi connectivity index (χ4v) is 4.81. The lowest BCUT2D eigenvalue weighted by Gasteiger charge is -2.31. The Labute approximate surface area is 179 Å². The molecule has 7 nitrogen and oxygen atoms in total. The average molecular weight is 414 g/mol. The molecule has 0 spiro atoms. The zero-order valence-corrected chi connectivity index (χ0v) is 17.8. The van der Waals surface area contributed by atoms with Crippen LogP contribution in [-0.4, -0.2) is 55.0 Å². The maximum atomic E-state index is 12.6. The average Bonchev–Trinajstić information content (AvgIpc) is 2.94. The van der Waals surface area contributed by atoms with Crippen molar-refractivity contribution in [1.82, 2.24) is 10.2 Å². The summed E-state index contributed by atoms with van der Waals surface area (Å²) in [5.74, 6) is 0.507. The van der Waals surface area contributed by atoms with Gasteiger partial charge in [-0.15, -0.1) is 0 Å². The van der Waals surface area contributed by atoms with Crippen molar-refractivity contribution in [2.24, 2.45) is 11.7 Å². The van der Waals surface area contributed by atoms with Gasteiger partial charge in [-0.2, -0.15) is 0 Å². The Hall–Kier alpha value is -2.28. The largest absolute Gasteiger partial charge is 0.397 e. The maximum Gasteiger partial charge on any atom is 0.251 e. The van der Waals surface area contributed by atoms with Gasteiger partial charge in [0, 0.05) is 49.7 Å². The SMILES string of the molecule is Nc1cc(C(=O)NC2CCC(N)CC2)ccc1N1CCCN(C(=O)C2CCC2)CC1. The van der Waals surface area contributed by atoms with Gasteiger partial charge >= 0.3 is 0 Å². The minimum absolute atomic E-state index is 0.0677. The van der Waals surface area contributed by atoms with Crippen LogP contribution >= 0.6 is 0 Å². The van der Waals surface area contributed by atoms with E-state index in [4.69, 9.17) is 11.5 Å². The first-order valence-electron chi connectivity index (χ1n) is 11.5. The molecule has 0 unspecified atom stereocenters. The molecule has 0 radical (unpaired) electrons. The first-order valence-corrected chi connectivity index (χ1v) is 11.5. The monoisotopic (exact) mass is 413 g/mol. The summed E-state index contributed by atoms with van der Waals surface area (Å²) in [6.45, 7) is 3.20. The molecular formula is C23H35N5O2. The molecule has 7 heteroatoms. The molecule has 164 valence electrons. The molecule has 1 aromatic rings. The quantitative estimate of drug-likeness (QED) is 0.656. The third-order valence-corrected chi connectivity index (χ3v) is 7.00. The smallest absolute Gasteiger partial charge is 0.251 e. The maximum absolute atomic E-state index is 12.6. The number of nitrogens with one attached hydrogen (secondary N) is 1. The normalized spacial score (nSPS) is 25.4. The first kappa shape index (κ1) is 21.0. The number of anilines is 2. The fraction of sp³-hybridized carbons (Fsp3) is 0.652. The van der Waals surface area contributed by atoms with Crippen LogP contribution in [0.25, 0.3) is 0 Å². The summed E-state index contributed by atoms with van der Waals surface area (Å²) in [6.07, 6.45) is 7.99. The van der Waals surface area contributed by atoms with Crippen molar-refractivity contribution in [3.05, 3.63) is 23.8 Å². The molecule has 1 aromatic carbocycles. The molecule has 2 saturated carbocycles. The summed E-state index contributed by atoms with van der Waals surface area (Å²) < 4.78 is 0. The highest BCUT2D eigenvalue weighted by molar-refractivity contribution is 5.96. The molecule has 3 fully saturated rings. The molecule has 30 heavy (non-hydrogen) atoms. The number of hydrogen-bond donors (Lipinski definition) is 3. The number of nitrogens with zero attached hydrogens (tertiary/aromatic N) is 2. The molecule has 5 N–H and O–H groups in total. The summed E-state index contributed by atoms with van der Waals surface area (Å²) in [5.41, 5.74) is 14.5. The van der Waals surface area contributed by atoms with E-state index in [1.54, 1.807) is 6.07 Å². The lowest BCUT2D eigenvalue weighted by molar-refractivity contribution is -0.137. The third kappa shape index (κ3) is 4.72. The Morgan fingerprint density at radius 3 is 2.37 bits per heavy atom. The number of amides is 2. The Morgan fingerprint density at radius 1 is 0.933 bits per heavy atom. The topological polar surface area (TPSA) is 105 Å². The zero-order valence-electron chi connectivity index (χ0n) is 17.8. The second-order valence-corrected chi connectivity index (χ2v) is 9.15. The minimum Gasteiger partial charge on any atom is -0.397 e. The standard InChI is InChI=1S/C23H35N5O2/c24-18-6-8-19(9-7-18)26-22(29)17-5-10-21(20(25)15-17)27-11-2-12-28(14-13-27)23(30)16-3-1-4-16/h5,10,15-16,18-19H,1-4,6-9,11-14,24-25H2,(H,26,29). The van der Waals surface area contributed by atoms with Crippen LogP contribution in [-0.2, 0) is 4.79 Å². The van der Waals surface area contributed by atoms with Crippen molar-refractivity contribution in [2.75, 3.05) is 36.8 Å². The van der Waals surface area contributed by atoms with Gasteiger partial charge in [0.05, 0.1) is 11.4 Å². The van der Waals surface area contributed by atoms with E-state index in [0.29, 0.717) is 17.2 Å². The van der Waals surface area contributed by atoms with Gasteiger partial charge in [0.15, 0.2) is 0 Å². The number of carbonyl (C=O) groups excluding carboxylic acids is 2. The lowest BCUT2D eigenvalue weighted by Crippen LogP contribution is -2.41. The number of nitrogen functional groups attached to an aromatic ring is 1. The van der Waals surface area contributed by atoms with Gasteiger partial charge in [0.1, 0.15) is 0 Å². The van der Waals surface area contributed by atoms with E-state index in [-0.39, 0.29) is 23.9 Å². The number of carbonyl (C=O) groups is 2. The van der Waals surface area contributed by atoms with Gasteiger partial charge in [-0.3, -0.25) is 9.59 Å². The van der Waals surface area contributed by atoms with Crippen LogP contribution in [0.3, 0.4) is 0 Å². The van der Waals surface area contributed by atoms with Crippen LogP contribution in [0.1, 0.15) is 61.7 Å². The minimum atomic E-state index is -0.0677. The molecular weight excluding hydrogens is 378 g/mol. The number of hydrogen-bond acceptors (Lipinski definition) is 5. The van der Waals surface area contributed by atoms with Crippen molar-refractivity contribution in [3.63, 3.8) is 0 Å². The highest BCUT2D eigenvalue weighted by atomic mass is 16.2. The molecule has 0 bridgehead atoms. The van der Waals surface area contributed by atoms with E-state index < -0.39 is 0 Å². The van der Waals surface area contributed by atoms with Crippen LogP contribution < -0.4 is 21.7 Å². The van der Waals surface area contributed by atoms with Gasteiger partial charge in [-0.05, 0) is 63.1 Å². The zero-order chi connectivity index (χ0) is 21.1. The molecule has 2 aliphatic carbocycles. The molecule has 1 aliphatic heterocycles. The van der Waals surface area contributed by atoms with Gasteiger partial charge in [-0.25, -0.2) is 0 Å². The summed E-state index contributed by atoms with van der Waals surface area (Å²) in [6, 6.07) is 6.05. The first-order chi connectivity index (χ1) is 14.5. The predicted octanol–water partition coefficient (Wildman–Crippen LogP) is 2.11. The predicted molar refractivity (Wildman–Crippen MR) is 119 cm³/mol. The molecule has 1 saturated heterocycles. The van der Waals surface area contributed by atoms with Gasteiger partial charge in [0.25, 0.3) is 5.91 Å². The van der Waals surface area contributed by atoms with E-state index in [1.165, 1.54) is 6.42 Å². The van der Waals surface area contributed by atoms with Crippen molar-refractivity contribution in [1.29, 1.82) is 0 Å². The molecule has 4 rings (SSSR count). The Balaban J connectivity index is 1.35. The van der Waals surface area contributed by atoms with E-state index in [9.17, 15) is 9.59 Å².